The number of hydrogen-bond donors (Lipinski definition) is 1. The Labute approximate surface area is 137 Å². The van der Waals surface area contributed by atoms with Gasteiger partial charge in [0.15, 0.2) is 5.96 Å². The van der Waals surface area contributed by atoms with E-state index in [1.54, 1.807) is 13.1 Å². The Morgan fingerprint density at radius 1 is 1.35 bits per heavy atom. The van der Waals surface area contributed by atoms with Crippen LogP contribution >= 0.6 is 0 Å². The number of nitrogens with zero attached hydrogens (tertiary/aromatic N) is 3. The van der Waals surface area contributed by atoms with Gasteiger partial charge in [-0.2, -0.15) is 5.26 Å². The van der Waals surface area contributed by atoms with Crippen molar-refractivity contribution in [1.82, 2.24) is 10.2 Å². The SMILES string of the molecule is CN=C(NCc1cc(C#N)ccc1F)N1CC2CCCCC2C1. The maximum absolute atomic E-state index is 13.9. The monoisotopic (exact) mass is 314 g/mol. The van der Waals surface area contributed by atoms with E-state index in [1.807, 2.05) is 6.07 Å². The van der Waals surface area contributed by atoms with Gasteiger partial charge in [-0.25, -0.2) is 4.39 Å². The van der Waals surface area contributed by atoms with Crippen LogP contribution in [0.3, 0.4) is 0 Å². The van der Waals surface area contributed by atoms with E-state index in [-0.39, 0.29) is 5.82 Å². The Morgan fingerprint density at radius 3 is 2.65 bits per heavy atom. The number of likely N-dealkylation sites (tertiary alicyclic amines) is 1. The highest BCUT2D eigenvalue weighted by Gasteiger charge is 2.35. The number of nitriles is 1. The van der Waals surface area contributed by atoms with E-state index in [4.69, 9.17) is 5.26 Å². The predicted octanol–water partition coefficient (Wildman–Crippen LogP) is 2.89. The van der Waals surface area contributed by atoms with Gasteiger partial charge in [-0.3, -0.25) is 4.99 Å². The summed E-state index contributed by atoms with van der Waals surface area (Å²) in [5.74, 6) is 2.10. The van der Waals surface area contributed by atoms with Crippen LogP contribution in [-0.4, -0.2) is 31.0 Å². The van der Waals surface area contributed by atoms with Gasteiger partial charge in [0, 0.05) is 32.2 Å². The van der Waals surface area contributed by atoms with Crippen LogP contribution in [0, 0.1) is 29.0 Å². The maximum Gasteiger partial charge on any atom is 0.193 e. The summed E-state index contributed by atoms with van der Waals surface area (Å²) in [7, 11) is 1.77. The van der Waals surface area contributed by atoms with E-state index in [2.05, 4.69) is 15.2 Å². The van der Waals surface area contributed by atoms with Gasteiger partial charge in [0.05, 0.1) is 11.6 Å². The highest BCUT2D eigenvalue weighted by Crippen LogP contribution is 2.35. The highest BCUT2D eigenvalue weighted by molar-refractivity contribution is 5.80. The molecule has 23 heavy (non-hydrogen) atoms. The van der Waals surface area contributed by atoms with E-state index in [0.29, 0.717) is 17.7 Å². The second-order valence-electron chi connectivity index (χ2n) is 6.53. The minimum atomic E-state index is -0.290. The third-order valence-electron chi connectivity index (χ3n) is 5.10. The largest absolute Gasteiger partial charge is 0.352 e. The summed E-state index contributed by atoms with van der Waals surface area (Å²) in [6.07, 6.45) is 5.31. The van der Waals surface area contributed by atoms with Crippen LogP contribution in [0.25, 0.3) is 0 Å². The molecule has 1 aromatic carbocycles. The van der Waals surface area contributed by atoms with E-state index in [9.17, 15) is 4.39 Å². The number of benzene rings is 1. The number of aliphatic imine (C=N–C) groups is 1. The van der Waals surface area contributed by atoms with Crippen molar-refractivity contribution >= 4 is 5.96 Å². The first-order valence-electron chi connectivity index (χ1n) is 8.35. The van der Waals surface area contributed by atoms with E-state index in [1.165, 1.54) is 37.8 Å². The molecule has 2 atom stereocenters. The van der Waals surface area contributed by atoms with Crippen molar-refractivity contribution < 1.29 is 4.39 Å². The van der Waals surface area contributed by atoms with Gasteiger partial charge < -0.3 is 10.2 Å². The summed E-state index contributed by atoms with van der Waals surface area (Å²) >= 11 is 0. The lowest BCUT2D eigenvalue weighted by molar-refractivity contribution is 0.299. The van der Waals surface area contributed by atoms with Crippen LogP contribution in [0.15, 0.2) is 23.2 Å². The molecule has 0 bridgehead atoms. The van der Waals surface area contributed by atoms with Crippen molar-refractivity contribution in [3.63, 3.8) is 0 Å². The van der Waals surface area contributed by atoms with Crippen LogP contribution in [0.2, 0.25) is 0 Å². The fraction of sp³-hybridized carbons (Fsp3) is 0.556. The Balaban J connectivity index is 1.64. The zero-order chi connectivity index (χ0) is 16.2. The first-order chi connectivity index (χ1) is 11.2. The van der Waals surface area contributed by atoms with E-state index in [0.717, 1.165) is 30.9 Å². The third kappa shape index (κ3) is 3.47. The van der Waals surface area contributed by atoms with Gasteiger partial charge >= 0.3 is 0 Å². The molecule has 3 rings (SSSR count). The van der Waals surface area contributed by atoms with Gasteiger partial charge in [-0.05, 0) is 42.9 Å². The number of rotatable bonds is 2. The maximum atomic E-state index is 13.9. The zero-order valence-corrected chi connectivity index (χ0v) is 13.6. The van der Waals surface area contributed by atoms with Crippen molar-refractivity contribution in [3.8, 4) is 6.07 Å². The molecule has 1 saturated carbocycles. The quantitative estimate of drug-likeness (QED) is 0.674. The second-order valence-corrected chi connectivity index (χ2v) is 6.53. The van der Waals surface area contributed by atoms with Crippen molar-refractivity contribution in [2.45, 2.75) is 32.2 Å². The van der Waals surface area contributed by atoms with Gasteiger partial charge in [0.2, 0.25) is 0 Å². The lowest BCUT2D eigenvalue weighted by atomic mass is 9.82. The first-order valence-corrected chi connectivity index (χ1v) is 8.35. The average molecular weight is 314 g/mol. The zero-order valence-electron chi connectivity index (χ0n) is 13.6. The molecule has 1 aliphatic heterocycles. The van der Waals surface area contributed by atoms with Gasteiger partial charge in [-0.15, -0.1) is 0 Å². The second kappa shape index (κ2) is 6.99. The molecule has 2 aliphatic rings. The standard InChI is InChI=1S/C18H23FN4/c1-21-18(23-11-14-4-2-3-5-15(14)12-23)22-10-16-8-13(9-20)6-7-17(16)19/h6-8,14-15H,2-5,10-12H2,1H3,(H,21,22). The summed E-state index contributed by atoms with van der Waals surface area (Å²) in [6, 6.07) is 6.50. The predicted molar refractivity (Wildman–Crippen MR) is 88.3 cm³/mol. The van der Waals surface area contributed by atoms with Crippen LogP contribution in [0.5, 0.6) is 0 Å². The molecule has 1 N–H and O–H groups in total. The summed E-state index contributed by atoms with van der Waals surface area (Å²) in [6.45, 7) is 2.44. The van der Waals surface area contributed by atoms with Crippen LogP contribution in [0.1, 0.15) is 36.8 Å². The molecule has 0 spiro atoms. The third-order valence-corrected chi connectivity index (χ3v) is 5.10. The Morgan fingerprint density at radius 2 is 2.04 bits per heavy atom. The fourth-order valence-electron chi connectivity index (χ4n) is 3.87. The Hall–Kier alpha value is -2.09. The summed E-state index contributed by atoms with van der Waals surface area (Å²) in [5, 5.41) is 12.2. The minimum Gasteiger partial charge on any atom is -0.352 e. The summed E-state index contributed by atoms with van der Waals surface area (Å²) < 4.78 is 13.9. The molecule has 5 heteroatoms. The van der Waals surface area contributed by atoms with Gasteiger partial charge in [0.25, 0.3) is 0 Å². The Kier molecular flexibility index (Phi) is 4.80. The molecular weight excluding hydrogens is 291 g/mol. The molecule has 0 amide bonds. The van der Waals surface area contributed by atoms with Crippen LogP contribution < -0.4 is 5.32 Å². The molecule has 2 fully saturated rings. The van der Waals surface area contributed by atoms with E-state index >= 15 is 0 Å². The molecule has 2 unspecified atom stereocenters. The molecule has 4 nitrogen and oxygen atoms in total. The number of guanidine groups is 1. The number of nitrogens with one attached hydrogen (secondary N) is 1. The van der Waals surface area contributed by atoms with Gasteiger partial charge in [-0.1, -0.05) is 12.8 Å². The van der Waals surface area contributed by atoms with Crippen molar-refractivity contribution in [2.75, 3.05) is 20.1 Å². The molecule has 1 heterocycles. The van der Waals surface area contributed by atoms with Crippen molar-refractivity contribution in [3.05, 3.63) is 35.1 Å². The minimum absolute atomic E-state index is 0.290. The first kappa shape index (κ1) is 15.8. The fourth-order valence-corrected chi connectivity index (χ4v) is 3.87. The lowest BCUT2D eigenvalue weighted by Crippen LogP contribution is -2.40. The van der Waals surface area contributed by atoms with Crippen molar-refractivity contribution in [1.29, 1.82) is 5.26 Å². The van der Waals surface area contributed by atoms with Crippen LogP contribution in [0.4, 0.5) is 4.39 Å². The van der Waals surface area contributed by atoms with E-state index < -0.39 is 0 Å². The van der Waals surface area contributed by atoms with Crippen LogP contribution in [-0.2, 0) is 6.54 Å². The lowest BCUT2D eigenvalue weighted by Gasteiger charge is -2.22. The number of halogens is 1. The number of fused-ring (bicyclic) bond motifs is 1. The topological polar surface area (TPSA) is 51.4 Å². The average Bonchev–Trinajstić information content (AvgIpc) is 3.00. The summed E-state index contributed by atoms with van der Waals surface area (Å²) in [5.41, 5.74) is 0.979. The molecular formula is C18H23FN4. The molecule has 1 saturated heterocycles. The summed E-state index contributed by atoms with van der Waals surface area (Å²) in [4.78, 5) is 6.66. The smallest absolute Gasteiger partial charge is 0.193 e. The molecule has 0 aromatic heterocycles. The molecule has 122 valence electrons. The van der Waals surface area contributed by atoms with Crippen molar-refractivity contribution in [2.24, 2.45) is 16.8 Å². The Bertz CT molecular complexity index is 620. The molecule has 1 aliphatic carbocycles. The number of hydrogen-bond acceptors (Lipinski definition) is 2. The van der Waals surface area contributed by atoms with Gasteiger partial charge in [0.1, 0.15) is 5.82 Å². The highest BCUT2D eigenvalue weighted by atomic mass is 19.1. The molecule has 0 radical (unpaired) electrons. The molecule has 1 aromatic rings. The normalized spacial score (nSPS) is 24.2.